The highest BCUT2D eigenvalue weighted by molar-refractivity contribution is 6.37. The minimum absolute atomic E-state index is 0.168. The van der Waals surface area contributed by atoms with E-state index in [-0.39, 0.29) is 11.8 Å². The van der Waals surface area contributed by atoms with Crippen LogP contribution in [0.4, 0.5) is 0 Å². The number of furan rings is 1. The van der Waals surface area contributed by atoms with Gasteiger partial charge in [0.2, 0.25) is 0 Å². The van der Waals surface area contributed by atoms with Gasteiger partial charge >= 0.3 is 0 Å². The van der Waals surface area contributed by atoms with E-state index >= 15 is 0 Å². The fraction of sp³-hybridized carbons (Fsp3) is 0.312. The monoisotopic (exact) mass is 339 g/mol. The Hall–Kier alpha value is -1.65. The number of amides is 1. The van der Waals surface area contributed by atoms with Crippen LogP contribution < -0.4 is 4.74 Å². The standard InChI is InChI=1S/C16H15Cl2NO3/c1-21-15-12(18)5-4-11(17)14(15)16(20)19-7-6-10(9-19)13-3-2-8-22-13/h2-5,8,10H,6-7,9H2,1H3. The number of nitrogens with zero attached hydrogens (tertiary/aromatic N) is 1. The zero-order valence-corrected chi connectivity index (χ0v) is 13.5. The van der Waals surface area contributed by atoms with Gasteiger partial charge < -0.3 is 14.1 Å². The van der Waals surface area contributed by atoms with Crippen molar-refractivity contribution in [2.45, 2.75) is 12.3 Å². The van der Waals surface area contributed by atoms with Crippen LogP contribution in [-0.4, -0.2) is 31.0 Å². The maximum atomic E-state index is 12.8. The van der Waals surface area contributed by atoms with Crippen molar-refractivity contribution < 1.29 is 13.9 Å². The number of ether oxygens (including phenoxy) is 1. The molecule has 1 unspecified atom stereocenters. The quantitative estimate of drug-likeness (QED) is 0.840. The molecule has 1 amide bonds. The van der Waals surface area contributed by atoms with E-state index in [1.807, 2.05) is 12.1 Å². The molecule has 1 aliphatic rings. The topological polar surface area (TPSA) is 42.7 Å². The average molecular weight is 340 g/mol. The largest absolute Gasteiger partial charge is 0.494 e. The number of benzene rings is 1. The van der Waals surface area contributed by atoms with Crippen LogP contribution in [0.25, 0.3) is 0 Å². The fourth-order valence-corrected chi connectivity index (χ4v) is 3.25. The molecule has 0 N–H and O–H groups in total. The Morgan fingerprint density at radius 1 is 1.32 bits per heavy atom. The summed E-state index contributed by atoms with van der Waals surface area (Å²) in [5.41, 5.74) is 0.316. The summed E-state index contributed by atoms with van der Waals surface area (Å²) in [5, 5.41) is 0.713. The molecule has 0 aliphatic carbocycles. The van der Waals surface area contributed by atoms with E-state index in [2.05, 4.69) is 0 Å². The van der Waals surface area contributed by atoms with Crippen LogP contribution >= 0.6 is 23.2 Å². The zero-order valence-electron chi connectivity index (χ0n) is 12.0. The van der Waals surface area contributed by atoms with Crippen LogP contribution in [0.5, 0.6) is 5.75 Å². The van der Waals surface area contributed by atoms with Crippen LogP contribution in [0.1, 0.15) is 28.5 Å². The molecule has 1 fully saturated rings. The van der Waals surface area contributed by atoms with Gasteiger partial charge in [0.25, 0.3) is 5.91 Å². The third kappa shape index (κ3) is 2.69. The molecule has 116 valence electrons. The Balaban J connectivity index is 1.85. The molecule has 1 atom stereocenters. The molecule has 3 rings (SSSR count). The number of hydrogen-bond donors (Lipinski definition) is 0. The van der Waals surface area contributed by atoms with Crippen molar-refractivity contribution in [1.82, 2.24) is 4.90 Å². The molecular formula is C16H15Cl2NO3. The van der Waals surface area contributed by atoms with Crippen molar-refractivity contribution in [3.63, 3.8) is 0 Å². The van der Waals surface area contributed by atoms with Gasteiger partial charge in [0.05, 0.1) is 23.4 Å². The van der Waals surface area contributed by atoms with E-state index in [0.29, 0.717) is 34.4 Å². The van der Waals surface area contributed by atoms with Gasteiger partial charge in [-0.05, 0) is 30.7 Å². The average Bonchev–Trinajstić information content (AvgIpc) is 3.19. The van der Waals surface area contributed by atoms with Crippen molar-refractivity contribution in [3.05, 3.63) is 51.9 Å². The zero-order chi connectivity index (χ0) is 15.7. The van der Waals surface area contributed by atoms with E-state index in [1.165, 1.54) is 7.11 Å². The minimum Gasteiger partial charge on any atom is -0.494 e. The summed E-state index contributed by atoms with van der Waals surface area (Å²) >= 11 is 12.3. The van der Waals surface area contributed by atoms with Gasteiger partial charge in [-0.3, -0.25) is 4.79 Å². The highest BCUT2D eigenvalue weighted by Crippen LogP contribution is 2.36. The first-order valence-electron chi connectivity index (χ1n) is 6.96. The van der Waals surface area contributed by atoms with Gasteiger partial charge in [0.15, 0.2) is 5.75 Å². The lowest BCUT2D eigenvalue weighted by Crippen LogP contribution is -2.29. The lowest BCUT2D eigenvalue weighted by Gasteiger charge is -2.19. The number of hydrogen-bond acceptors (Lipinski definition) is 3. The third-order valence-corrected chi connectivity index (χ3v) is 4.51. The third-order valence-electron chi connectivity index (χ3n) is 3.90. The van der Waals surface area contributed by atoms with Crippen LogP contribution in [0.3, 0.4) is 0 Å². The number of methoxy groups -OCH3 is 1. The van der Waals surface area contributed by atoms with Crippen LogP contribution in [0, 0.1) is 0 Å². The molecular weight excluding hydrogens is 325 g/mol. The maximum Gasteiger partial charge on any atom is 0.259 e. The Kier molecular flexibility index (Phi) is 4.32. The van der Waals surface area contributed by atoms with Crippen molar-refractivity contribution in [1.29, 1.82) is 0 Å². The summed E-state index contributed by atoms with van der Waals surface area (Å²) in [4.78, 5) is 14.5. The molecule has 4 nitrogen and oxygen atoms in total. The molecule has 1 aliphatic heterocycles. The molecule has 0 bridgehead atoms. The summed E-state index contributed by atoms with van der Waals surface area (Å²) in [5.74, 6) is 1.27. The second-order valence-electron chi connectivity index (χ2n) is 5.19. The number of halogens is 2. The summed E-state index contributed by atoms with van der Waals surface area (Å²) < 4.78 is 10.7. The predicted molar refractivity (Wildman–Crippen MR) is 85.0 cm³/mol. The Morgan fingerprint density at radius 3 is 2.77 bits per heavy atom. The number of carbonyl (C=O) groups is 1. The molecule has 1 saturated heterocycles. The number of carbonyl (C=O) groups excluding carboxylic acids is 1. The normalized spacial score (nSPS) is 17.8. The van der Waals surface area contributed by atoms with Gasteiger partial charge in [-0.15, -0.1) is 0 Å². The van der Waals surface area contributed by atoms with Crippen molar-refractivity contribution in [3.8, 4) is 5.75 Å². The minimum atomic E-state index is -0.168. The molecule has 2 heterocycles. The van der Waals surface area contributed by atoms with Crippen molar-refractivity contribution in [2.75, 3.05) is 20.2 Å². The first-order chi connectivity index (χ1) is 10.6. The smallest absolute Gasteiger partial charge is 0.259 e. The van der Waals surface area contributed by atoms with Crippen molar-refractivity contribution >= 4 is 29.1 Å². The molecule has 1 aromatic heterocycles. The molecule has 22 heavy (non-hydrogen) atoms. The summed E-state index contributed by atoms with van der Waals surface area (Å²) in [7, 11) is 1.48. The molecule has 0 radical (unpaired) electrons. The molecule has 0 spiro atoms. The van der Waals surface area contributed by atoms with E-state index in [4.69, 9.17) is 32.4 Å². The lowest BCUT2D eigenvalue weighted by atomic mass is 10.1. The van der Waals surface area contributed by atoms with Crippen LogP contribution in [0.2, 0.25) is 10.0 Å². The first-order valence-corrected chi connectivity index (χ1v) is 7.72. The predicted octanol–water partition coefficient (Wildman–Crippen LogP) is 4.22. The lowest BCUT2D eigenvalue weighted by molar-refractivity contribution is 0.0787. The van der Waals surface area contributed by atoms with Gasteiger partial charge in [0, 0.05) is 19.0 Å². The van der Waals surface area contributed by atoms with E-state index < -0.39 is 0 Å². The van der Waals surface area contributed by atoms with Gasteiger partial charge in [0.1, 0.15) is 11.3 Å². The molecule has 2 aromatic rings. The highest BCUT2D eigenvalue weighted by atomic mass is 35.5. The van der Waals surface area contributed by atoms with Crippen LogP contribution in [0.15, 0.2) is 34.9 Å². The highest BCUT2D eigenvalue weighted by Gasteiger charge is 2.32. The Morgan fingerprint density at radius 2 is 2.09 bits per heavy atom. The second-order valence-corrected chi connectivity index (χ2v) is 6.00. The van der Waals surface area contributed by atoms with Gasteiger partial charge in [-0.25, -0.2) is 0 Å². The van der Waals surface area contributed by atoms with Gasteiger partial charge in [-0.2, -0.15) is 0 Å². The second kappa shape index (κ2) is 6.23. The van der Waals surface area contributed by atoms with E-state index in [9.17, 15) is 4.79 Å². The Labute approximate surface area is 138 Å². The molecule has 6 heteroatoms. The number of likely N-dealkylation sites (tertiary alicyclic amines) is 1. The summed E-state index contributed by atoms with van der Waals surface area (Å²) in [6.07, 6.45) is 2.51. The first kappa shape index (κ1) is 15.3. The summed E-state index contributed by atoms with van der Waals surface area (Å²) in [6, 6.07) is 7.02. The van der Waals surface area contributed by atoms with E-state index in [1.54, 1.807) is 23.3 Å². The molecule has 0 saturated carbocycles. The maximum absolute atomic E-state index is 12.8. The van der Waals surface area contributed by atoms with E-state index in [0.717, 1.165) is 12.2 Å². The SMILES string of the molecule is COc1c(Cl)ccc(Cl)c1C(=O)N1CCC(c2ccco2)C1. The molecule has 1 aromatic carbocycles. The van der Waals surface area contributed by atoms with Crippen LogP contribution in [-0.2, 0) is 0 Å². The fourth-order valence-electron chi connectivity index (χ4n) is 2.79. The Bertz CT molecular complexity index is 685. The van der Waals surface area contributed by atoms with Gasteiger partial charge in [-0.1, -0.05) is 23.2 Å². The van der Waals surface area contributed by atoms with Crippen molar-refractivity contribution in [2.24, 2.45) is 0 Å². The number of rotatable bonds is 3. The summed E-state index contributed by atoms with van der Waals surface area (Å²) in [6.45, 7) is 1.24.